The molecular formula is C12H13BrN2O3S. The summed E-state index contributed by atoms with van der Waals surface area (Å²) < 4.78 is 5.97. The monoisotopic (exact) mass is 344 g/mol. The van der Waals surface area contributed by atoms with E-state index in [4.69, 9.17) is 4.42 Å². The van der Waals surface area contributed by atoms with E-state index in [9.17, 15) is 9.59 Å². The number of aliphatic imine (C=N–C) groups is 1. The van der Waals surface area contributed by atoms with Crippen LogP contribution in [-0.4, -0.2) is 22.2 Å². The normalized spacial score (nSPS) is 20.9. The number of halogens is 1. The van der Waals surface area contributed by atoms with Crippen molar-refractivity contribution in [2.45, 2.75) is 32.4 Å². The minimum atomic E-state index is -0.416. The van der Waals surface area contributed by atoms with Crippen LogP contribution in [0.25, 0.3) is 0 Å². The molecule has 1 N–H and O–H groups in total. The van der Waals surface area contributed by atoms with Crippen LogP contribution in [0.3, 0.4) is 0 Å². The van der Waals surface area contributed by atoms with Crippen LogP contribution in [0.4, 0.5) is 0 Å². The van der Waals surface area contributed by atoms with Gasteiger partial charge in [0.2, 0.25) is 5.91 Å². The maximum absolute atomic E-state index is 12.1. The molecule has 0 spiro atoms. The summed E-state index contributed by atoms with van der Waals surface area (Å²) in [5.74, 6) is 0.634. The second kappa shape index (κ2) is 5.50. The van der Waals surface area contributed by atoms with Crippen LogP contribution in [0.15, 0.2) is 13.9 Å². The van der Waals surface area contributed by atoms with Crippen LogP contribution >= 0.6 is 27.7 Å². The van der Waals surface area contributed by atoms with Gasteiger partial charge in [-0.2, -0.15) is 4.99 Å². The lowest BCUT2D eigenvalue weighted by atomic mass is 10.2. The molecule has 0 aromatic carbocycles. The van der Waals surface area contributed by atoms with Gasteiger partial charge in [-0.15, -0.1) is 0 Å². The lowest BCUT2D eigenvalue weighted by Crippen LogP contribution is -2.24. The van der Waals surface area contributed by atoms with Crippen molar-refractivity contribution < 1.29 is 14.0 Å². The number of thioether (sulfide) groups is 1. The van der Waals surface area contributed by atoms with Gasteiger partial charge in [0.15, 0.2) is 5.17 Å². The topological polar surface area (TPSA) is 71.7 Å². The van der Waals surface area contributed by atoms with Crippen molar-refractivity contribution in [3.63, 3.8) is 0 Å². The molecule has 102 valence electrons. The molecule has 2 rings (SSSR count). The number of aryl methyl sites for hydroxylation is 2. The van der Waals surface area contributed by atoms with E-state index in [1.807, 2.05) is 6.92 Å². The Balaban J connectivity index is 2.25. The van der Waals surface area contributed by atoms with E-state index in [2.05, 4.69) is 26.2 Å². The molecule has 7 heteroatoms. The number of hydrogen-bond acceptors (Lipinski definition) is 4. The van der Waals surface area contributed by atoms with Crippen molar-refractivity contribution in [2.75, 3.05) is 0 Å². The van der Waals surface area contributed by atoms with E-state index in [-0.39, 0.29) is 11.2 Å². The zero-order valence-corrected chi connectivity index (χ0v) is 13.1. The van der Waals surface area contributed by atoms with E-state index in [1.165, 1.54) is 11.8 Å². The van der Waals surface area contributed by atoms with E-state index in [0.717, 1.165) is 0 Å². The summed E-state index contributed by atoms with van der Waals surface area (Å²) in [6, 6.07) is 0. The van der Waals surface area contributed by atoms with Crippen molar-refractivity contribution in [3.8, 4) is 0 Å². The van der Waals surface area contributed by atoms with Crippen molar-refractivity contribution in [1.82, 2.24) is 5.32 Å². The Bertz CT molecular complexity index is 580. The third-order valence-electron chi connectivity index (χ3n) is 2.75. The van der Waals surface area contributed by atoms with Gasteiger partial charge < -0.3 is 9.73 Å². The van der Waals surface area contributed by atoms with Gasteiger partial charge in [0.05, 0.1) is 15.3 Å². The number of amidine groups is 1. The van der Waals surface area contributed by atoms with E-state index in [0.29, 0.717) is 33.1 Å². The number of rotatable bonds is 2. The van der Waals surface area contributed by atoms with Gasteiger partial charge in [0, 0.05) is 0 Å². The third-order valence-corrected chi connectivity index (χ3v) is 4.95. The number of nitrogens with one attached hydrogen (secondary N) is 1. The van der Waals surface area contributed by atoms with Gasteiger partial charge >= 0.3 is 0 Å². The van der Waals surface area contributed by atoms with Gasteiger partial charge in [-0.25, -0.2) is 0 Å². The molecule has 1 aliphatic rings. The summed E-state index contributed by atoms with van der Waals surface area (Å²) in [4.78, 5) is 27.6. The molecule has 0 bridgehead atoms. The summed E-state index contributed by atoms with van der Waals surface area (Å²) >= 11 is 4.59. The predicted octanol–water partition coefficient (Wildman–Crippen LogP) is 2.80. The molecule has 1 atom stereocenters. The Labute approximate surface area is 123 Å². The van der Waals surface area contributed by atoms with Crippen LogP contribution in [-0.2, 0) is 4.79 Å². The highest BCUT2D eigenvalue weighted by atomic mass is 79.9. The zero-order valence-electron chi connectivity index (χ0n) is 10.7. The molecule has 0 saturated carbocycles. The number of furan rings is 1. The fraction of sp³-hybridized carbons (Fsp3) is 0.417. The first-order valence-electron chi connectivity index (χ1n) is 5.80. The van der Waals surface area contributed by atoms with E-state index < -0.39 is 5.91 Å². The highest BCUT2D eigenvalue weighted by Crippen LogP contribution is 2.29. The molecule has 2 amide bonds. The van der Waals surface area contributed by atoms with Gasteiger partial charge in [-0.05, 0) is 36.2 Å². The van der Waals surface area contributed by atoms with Crippen molar-refractivity contribution in [1.29, 1.82) is 0 Å². The average molecular weight is 345 g/mol. The number of amides is 2. The molecule has 0 radical (unpaired) electrons. The smallest absolute Gasteiger partial charge is 0.284 e. The van der Waals surface area contributed by atoms with Crippen LogP contribution in [0.1, 0.15) is 35.2 Å². The van der Waals surface area contributed by atoms with Gasteiger partial charge in [-0.1, -0.05) is 18.7 Å². The first-order chi connectivity index (χ1) is 8.93. The molecule has 0 unspecified atom stereocenters. The number of carbonyl (C=O) groups excluding carboxylic acids is 2. The largest absolute Gasteiger partial charge is 0.465 e. The van der Waals surface area contributed by atoms with Gasteiger partial charge in [0.1, 0.15) is 11.5 Å². The van der Waals surface area contributed by atoms with Crippen LogP contribution < -0.4 is 5.32 Å². The van der Waals surface area contributed by atoms with Crippen LogP contribution in [0, 0.1) is 13.8 Å². The lowest BCUT2D eigenvalue weighted by molar-refractivity contribution is -0.118. The minimum Gasteiger partial charge on any atom is -0.465 e. The Hall–Kier alpha value is -1.08. The standard InChI is InChI=1S/C12H13BrN2O3S/c1-4-7-10(16)14-12(19-7)15-11(17)8-5(2)18-6(3)9(8)13/h7H,4H2,1-3H3,(H,14,15,16,17)/t7-/m0/s1. The first-order valence-corrected chi connectivity index (χ1v) is 7.47. The summed E-state index contributed by atoms with van der Waals surface area (Å²) in [5, 5.41) is 2.80. The highest BCUT2D eigenvalue weighted by molar-refractivity contribution is 9.10. The van der Waals surface area contributed by atoms with Gasteiger partial charge in [-0.3, -0.25) is 9.59 Å². The molecule has 0 aliphatic carbocycles. The number of carbonyl (C=O) groups is 2. The third kappa shape index (κ3) is 2.76. The summed E-state index contributed by atoms with van der Waals surface area (Å²) in [6.07, 6.45) is 0.706. The van der Waals surface area contributed by atoms with Crippen molar-refractivity contribution >= 4 is 44.7 Å². The Morgan fingerprint density at radius 1 is 1.47 bits per heavy atom. The van der Waals surface area contributed by atoms with E-state index >= 15 is 0 Å². The highest BCUT2D eigenvalue weighted by Gasteiger charge is 2.30. The molecule has 2 heterocycles. The molecule has 1 fully saturated rings. The predicted molar refractivity (Wildman–Crippen MR) is 77.5 cm³/mol. The zero-order chi connectivity index (χ0) is 14.2. The molecule has 19 heavy (non-hydrogen) atoms. The summed E-state index contributed by atoms with van der Waals surface area (Å²) in [7, 11) is 0. The number of hydrogen-bond donors (Lipinski definition) is 1. The van der Waals surface area contributed by atoms with Crippen LogP contribution in [0.2, 0.25) is 0 Å². The Morgan fingerprint density at radius 2 is 2.16 bits per heavy atom. The molecule has 1 aromatic heterocycles. The molecule has 1 aromatic rings. The molecular weight excluding hydrogens is 332 g/mol. The second-order valence-electron chi connectivity index (χ2n) is 4.13. The quantitative estimate of drug-likeness (QED) is 0.895. The molecule has 1 aliphatic heterocycles. The SMILES string of the molecule is CC[C@@H]1SC(=NC(=O)c2c(C)oc(C)c2Br)NC1=O. The van der Waals surface area contributed by atoms with Crippen LogP contribution in [0.5, 0.6) is 0 Å². The van der Waals surface area contributed by atoms with Crippen molar-refractivity contribution in [2.24, 2.45) is 4.99 Å². The fourth-order valence-corrected chi connectivity index (χ4v) is 3.20. The maximum Gasteiger partial charge on any atom is 0.284 e. The Morgan fingerprint density at radius 3 is 2.63 bits per heavy atom. The minimum absolute atomic E-state index is 0.0989. The number of nitrogens with zero attached hydrogens (tertiary/aromatic N) is 1. The summed E-state index contributed by atoms with van der Waals surface area (Å²) in [5.41, 5.74) is 0.403. The van der Waals surface area contributed by atoms with E-state index in [1.54, 1.807) is 13.8 Å². The first kappa shape index (κ1) is 14.3. The van der Waals surface area contributed by atoms with Gasteiger partial charge in [0.25, 0.3) is 5.91 Å². The average Bonchev–Trinajstić information content (AvgIpc) is 2.80. The Kier molecular flexibility index (Phi) is 4.15. The lowest BCUT2D eigenvalue weighted by Gasteiger charge is -1.97. The second-order valence-corrected chi connectivity index (χ2v) is 6.11. The maximum atomic E-state index is 12.1. The van der Waals surface area contributed by atoms with Crippen molar-refractivity contribution in [3.05, 3.63) is 21.6 Å². The molecule has 1 saturated heterocycles. The molecule has 5 nitrogen and oxygen atoms in total. The summed E-state index contributed by atoms with van der Waals surface area (Å²) in [6.45, 7) is 5.39. The fourth-order valence-electron chi connectivity index (χ4n) is 1.78.